The van der Waals surface area contributed by atoms with Gasteiger partial charge in [-0.1, -0.05) is 31.2 Å². The number of ketones is 1. The van der Waals surface area contributed by atoms with Crippen LogP contribution in [0.1, 0.15) is 49.2 Å². The van der Waals surface area contributed by atoms with Crippen LogP contribution in [0.5, 0.6) is 11.5 Å². The Morgan fingerprint density at radius 1 is 0.868 bits per heavy atom. The number of nitrogens with zero attached hydrogens (tertiary/aromatic N) is 2. The number of rotatable bonds is 9. The molecule has 196 valence electrons. The second-order valence-corrected chi connectivity index (χ2v) is 9.26. The van der Waals surface area contributed by atoms with Gasteiger partial charge in [0.25, 0.3) is 5.91 Å². The molecule has 5 rings (SSSR count). The lowest BCUT2D eigenvalue weighted by atomic mass is 9.90. The summed E-state index contributed by atoms with van der Waals surface area (Å²) in [5.74, 6) is -0.475. The quantitative estimate of drug-likeness (QED) is 0.289. The van der Waals surface area contributed by atoms with E-state index in [1.54, 1.807) is 29.3 Å². The molecule has 38 heavy (non-hydrogen) atoms. The molecule has 3 atom stereocenters. The summed E-state index contributed by atoms with van der Waals surface area (Å²) in [4.78, 5) is 46.5. The maximum absolute atomic E-state index is 13.9. The van der Waals surface area contributed by atoms with Crippen molar-refractivity contribution < 1.29 is 28.7 Å². The van der Waals surface area contributed by atoms with Crippen LogP contribution in [0.15, 0.2) is 72.8 Å². The summed E-state index contributed by atoms with van der Waals surface area (Å²) in [6, 6.07) is 20.9. The SMILES string of the molecule is CCCOc1ccc([C@@H]2[C@H]3C(=O)N(c4ccc(C(C)=O)cc4)C(=O)[C@H]3ON2c2ccccc2)cc1OCC. The van der Waals surface area contributed by atoms with Crippen molar-refractivity contribution in [1.82, 2.24) is 0 Å². The summed E-state index contributed by atoms with van der Waals surface area (Å²) in [5.41, 5.74) is 2.41. The number of hydrogen-bond acceptors (Lipinski definition) is 7. The van der Waals surface area contributed by atoms with Crippen LogP contribution in [0.25, 0.3) is 0 Å². The van der Waals surface area contributed by atoms with Gasteiger partial charge in [-0.15, -0.1) is 0 Å². The topological polar surface area (TPSA) is 85.4 Å². The molecule has 3 aromatic carbocycles. The zero-order valence-electron chi connectivity index (χ0n) is 21.6. The molecule has 0 bridgehead atoms. The lowest BCUT2D eigenvalue weighted by Crippen LogP contribution is -2.37. The average Bonchev–Trinajstić information content (AvgIpc) is 3.44. The molecule has 0 aliphatic carbocycles. The highest BCUT2D eigenvalue weighted by Crippen LogP contribution is 2.48. The van der Waals surface area contributed by atoms with Gasteiger partial charge in [0.05, 0.1) is 30.6 Å². The third-order valence-corrected chi connectivity index (χ3v) is 6.73. The average molecular weight is 515 g/mol. The molecule has 0 unspecified atom stereocenters. The van der Waals surface area contributed by atoms with Gasteiger partial charge >= 0.3 is 0 Å². The number of benzene rings is 3. The first-order valence-electron chi connectivity index (χ1n) is 12.8. The summed E-state index contributed by atoms with van der Waals surface area (Å²) < 4.78 is 11.8. The van der Waals surface area contributed by atoms with E-state index < -0.39 is 24.0 Å². The van der Waals surface area contributed by atoms with E-state index in [9.17, 15) is 14.4 Å². The molecule has 2 amide bonds. The Kier molecular flexibility index (Phi) is 7.15. The minimum Gasteiger partial charge on any atom is -0.490 e. The standard InChI is InChI=1S/C30H30N2O6/c1-4-17-37-24-16-13-21(18-25(24)36-5-2)27-26-28(38-32(27)23-9-7-6-8-10-23)30(35)31(29(26)34)22-14-11-20(12-15-22)19(3)33/h6-16,18,26-28H,4-5,17H2,1-3H3/t26-,27-,28+/m1/s1. The fourth-order valence-electron chi connectivity index (χ4n) is 4.96. The third-order valence-electron chi connectivity index (χ3n) is 6.73. The lowest BCUT2D eigenvalue weighted by Gasteiger charge is -2.29. The van der Waals surface area contributed by atoms with E-state index in [-0.39, 0.29) is 11.7 Å². The molecule has 8 nitrogen and oxygen atoms in total. The molecule has 0 N–H and O–H groups in total. The lowest BCUT2D eigenvalue weighted by molar-refractivity contribution is -0.126. The number of carbonyl (C=O) groups excluding carboxylic acids is 3. The zero-order valence-corrected chi connectivity index (χ0v) is 21.6. The Labute approximate surface area is 221 Å². The smallest absolute Gasteiger partial charge is 0.266 e. The number of imide groups is 1. The highest BCUT2D eigenvalue weighted by molar-refractivity contribution is 6.24. The Balaban J connectivity index is 1.55. The normalized spacial score (nSPS) is 20.6. The summed E-state index contributed by atoms with van der Waals surface area (Å²) in [6.07, 6.45) is -0.137. The van der Waals surface area contributed by atoms with Crippen molar-refractivity contribution in [3.05, 3.63) is 83.9 Å². The summed E-state index contributed by atoms with van der Waals surface area (Å²) in [5, 5.41) is 1.65. The van der Waals surface area contributed by atoms with Crippen LogP contribution >= 0.6 is 0 Å². The van der Waals surface area contributed by atoms with E-state index >= 15 is 0 Å². The second kappa shape index (κ2) is 10.7. The molecule has 2 heterocycles. The molecule has 2 aliphatic heterocycles. The zero-order chi connectivity index (χ0) is 26.8. The van der Waals surface area contributed by atoms with E-state index in [2.05, 4.69) is 0 Å². The predicted molar refractivity (Wildman–Crippen MR) is 142 cm³/mol. The number of Topliss-reactive ketones (excluding diaryl/α,β-unsaturated/α-hetero) is 1. The number of para-hydroxylation sites is 1. The third kappa shape index (κ3) is 4.52. The van der Waals surface area contributed by atoms with Gasteiger partial charge in [0, 0.05) is 5.56 Å². The van der Waals surface area contributed by atoms with Gasteiger partial charge in [-0.05, 0) is 74.4 Å². The maximum Gasteiger partial charge on any atom is 0.266 e. The van der Waals surface area contributed by atoms with Crippen molar-refractivity contribution in [3.63, 3.8) is 0 Å². The van der Waals surface area contributed by atoms with Crippen LogP contribution < -0.4 is 19.4 Å². The van der Waals surface area contributed by atoms with Crippen molar-refractivity contribution in [2.75, 3.05) is 23.2 Å². The summed E-state index contributed by atoms with van der Waals surface area (Å²) >= 11 is 0. The highest BCUT2D eigenvalue weighted by atomic mass is 16.7. The molecule has 3 aromatic rings. The van der Waals surface area contributed by atoms with Crippen molar-refractivity contribution in [2.45, 2.75) is 39.3 Å². The molecule has 0 radical (unpaired) electrons. The van der Waals surface area contributed by atoms with E-state index in [0.717, 1.165) is 22.6 Å². The molecule has 2 aliphatic rings. The van der Waals surface area contributed by atoms with Gasteiger partial charge < -0.3 is 9.47 Å². The van der Waals surface area contributed by atoms with Crippen LogP contribution in [0, 0.1) is 5.92 Å². The van der Waals surface area contributed by atoms with Gasteiger partial charge in [0.15, 0.2) is 23.4 Å². The van der Waals surface area contributed by atoms with Gasteiger partial charge in [-0.2, -0.15) is 0 Å². The van der Waals surface area contributed by atoms with Gasteiger partial charge in [-0.3, -0.25) is 19.2 Å². The van der Waals surface area contributed by atoms with Crippen molar-refractivity contribution in [2.24, 2.45) is 5.92 Å². The fraction of sp³-hybridized carbons (Fsp3) is 0.300. The Morgan fingerprint density at radius 3 is 2.26 bits per heavy atom. The minimum absolute atomic E-state index is 0.0918. The predicted octanol–water partition coefficient (Wildman–Crippen LogP) is 5.13. The van der Waals surface area contributed by atoms with Crippen LogP contribution in [0.3, 0.4) is 0 Å². The second-order valence-electron chi connectivity index (χ2n) is 9.26. The Bertz CT molecular complexity index is 1340. The number of carbonyl (C=O) groups is 3. The molecular weight excluding hydrogens is 484 g/mol. The Hall–Kier alpha value is -4.17. The fourth-order valence-corrected chi connectivity index (χ4v) is 4.96. The van der Waals surface area contributed by atoms with Crippen molar-refractivity contribution in [3.8, 4) is 11.5 Å². The number of anilines is 2. The first kappa shape index (κ1) is 25.5. The largest absolute Gasteiger partial charge is 0.490 e. The van der Waals surface area contributed by atoms with Gasteiger partial charge in [0.1, 0.15) is 5.92 Å². The monoisotopic (exact) mass is 514 g/mol. The maximum atomic E-state index is 13.9. The first-order chi connectivity index (χ1) is 18.4. The molecule has 0 saturated carbocycles. The first-order valence-corrected chi connectivity index (χ1v) is 12.8. The van der Waals surface area contributed by atoms with Crippen molar-refractivity contribution in [1.29, 1.82) is 0 Å². The van der Waals surface area contributed by atoms with Crippen LogP contribution in [0.2, 0.25) is 0 Å². The molecule has 8 heteroatoms. The minimum atomic E-state index is -0.994. The van der Waals surface area contributed by atoms with Crippen molar-refractivity contribution >= 4 is 29.0 Å². The van der Waals surface area contributed by atoms with Crippen LogP contribution in [-0.2, 0) is 14.4 Å². The van der Waals surface area contributed by atoms with Gasteiger partial charge in [0.2, 0.25) is 5.91 Å². The summed E-state index contributed by atoms with van der Waals surface area (Å²) in [6.45, 7) is 6.40. The molecule has 0 aromatic heterocycles. The highest BCUT2D eigenvalue weighted by Gasteiger charge is 2.60. The summed E-state index contributed by atoms with van der Waals surface area (Å²) in [7, 11) is 0. The van der Waals surface area contributed by atoms with E-state index in [4.69, 9.17) is 14.3 Å². The number of fused-ring (bicyclic) bond motifs is 1. The van der Waals surface area contributed by atoms with Crippen LogP contribution in [0.4, 0.5) is 11.4 Å². The Morgan fingerprint density at radius 2 is 1.61 bits per heavy atom. The number of hydrogen-bond donors (Lipinski definition) is 0. The van der Waals surface area contributed by atoms with E-state index in [0.29, 0.717) is 36.0 Å². The number of amides is 2. The van der Waals surface area contributed by atoms with Crippen LogP contribution in [-0.4, -0.2) is 36.9 Å². The molecule has 2 saturated heterocycles. The van der Waals surface area contributed by atoms with E-state index in [1.165, 1.54) is 6.92 Å². The molecular formula is C30H30N2O6. The molecule has 2 fully saturated rings. The molecule has 0 spiro atoms. The van der Waals surface area contributed by atoms with Gasteiger partial charge in [-0.25, -0.2) is 9.96 Å². The number of hydroxylamine groups is 1. The van der Waals surface area contributed by atoms with E-state index in [1.807, 2.05) is 62.4 Å². The number of ether oxygens (including phenoxy) is 2.